The monoisotopic (exact) mass is 370 g/mol. The molecule has 5 nitrogen and oxygen atoms in total. The molecule has 0 aromatic heterocycles. The lowest BCUT2D eigenvalue weighted by Gasteiger charge is -2.60. The highest BCUT2D eigenvalue weighted by molar-refractivity contribution is 7.80. The molecule has 4 aliphatic rings. The molecule has 6 heteroatoms. The van der Waals surface area contributed by atoms with Crippen LogP contribution in [0.5, 0.6) is 0 Å². The average Bonchev–Trinajstić information content (AvgIpc) is 2.88. The van der Waals surface area contributed by atoms with E-state index in [1.54, 1.807) is 0 Å². The number of hydrogen-bond acceptors (Lipinski definition) is 4. The number of aliphatic hydroxyl groups is 1. The molecule has 0 aliphatic heterocycles. The molecule has 6 atom stereocenters. The van der Waals surface area contributed by atoms with E-state index in [4.69, 9.17) is 4.18 Å². The molecule has 142 valence electrons. The van der Waals surface area contributed by atoms with Crippen LogP contribution in [0.15, 0.2) is 11.6 Å². The van der Waals surface area contributed by atoms with Crippen molar-refractivity contribution in [2.45, 2.75) is 77.4 Å². The van der Waals surface area contributed by atoms with Crippen molar-refractivity contribution >= 4 is 10.4 Å². The lowest BCUT2D eigenvalue weighted by molar-refractivity contribution is -0.251. The van der Waals surface area contributed by atoms with Crippen molar-refractivity contribution in [3.8, 4) is 0 Å². The molecule has 2 N–H and O–H groups in total. The van der Waals surface area contributed by atoms with E-state index in [9.17, 15) is 18.1 Å². The van der Waals surface area contributed by atoms with Crippen molar-refractivity contribution in [2.24, 2.45) is 28.6 Å². The summed E-state index contributed by atoms with van der Waals surface area (Å²) >= 11 is 0. The summed E-state index contributed by atoms with van der Waals surface area (Å²) in [7, 11) is -4.72. The minimum atomic E-state index is -4.72. The van der Waals surface area contributed by atoms with E-state index >= 15 is 0 Å². The topological polar surface area (TPSA) is 83.8 Å². The van der Waals surface area contributed by atoms with Crippen LogP contribution in [0.1, 0.15) is 71.6 Å². The first kappa shape index (κ1) is 18.0. The Bertz CT molecular complexity index is 701. The second kappa shape index (κ2) is 5.54. The zero-order chi connectivity index (χ0) is 18.1. The van der Waals surface area contributed by atoms with Gasteiger partial charge in [-0.25, -0.2) is 4.18 Å². The summed E-state index contributed by atoms with van der Waals surface area (Å²) in [6.45, 7) is 4.38. The molecule has 0 bridgehead atoms. The Morgan fingerprint density at radius 3 is 2.60 bits per heavy atom. The van der Waals surface area contributed by atoms with Gasteiger partial charge in [-0.15, -0.1) is 0 Å². The van der Waals surface area contributed by atoms with E-state index in [0.29, 0.717) is 23.7 Å². The van der Waals surface area contributed by atoms with Crippen LogP contribution in [-0.2, 0) is 14.6 Å². The molecule has 3 saturated carbocycles. The van der Waals surface area contributed by atoms with Gasteiger partial charge in [0, 0.05) is 11.8 Å². The van der Waals surface area contributed by atoms with Crippen LogP contribution in [0.4, 0.5) is 0 Å². The second-order valence-electron chi connectivity index (χ2n) is 9.28. The fourth-order valence-corrected chi connectivity index (χ4v) is 7.64. The molecule has 0 saturated heterocycles. The Labute approximate surface area is 150 Å². The lowest BCUT2D eigenvalue weighted by atomic mass is 9.47. The highest BCUT2D eigenvalue weighted by Gasteiger charge is 2.64. The molecule has 4 aliphatic carbocycles. The van der Waals surface area contributed by atoms with Gasteiger partial charge in [-0.2, -0.15) is 8.42 Å². The molecule has 0 amide bonds. The second-order valence-corrected chi connectivity index (χ2v) is 10.3. The SMILES string of the molecule is C[C@@]12CCC[C@H]1[C@@H]1CC=C3CCCC(O)(OS(=O)(=O)O)[C@]3(C)[C@H]1CC2. The van der Waals surface area contributed by atoms with Gasteiger partial charge in [-0.1, -0.05) is 31.9 Å². The predicted molar refractivity (Wildman–Crippen MR) is 93.9 cm³/mol. The van der Waals surface area contributed by atoms with Gasteiger partial charge in [-0.05, 0) is 68.1 Å². The van der Waals surface area contributed by atoms with Gasteiger partial charge in [0.05, 0.1) is 0 Å². The molecule has 3 fully saturated rings. The third-order valence-corrected chi connectivity index (χ3v) is 8.77. The normalized spacial score (nSPS) is 49.8. The molecule has 0 heterocycles. The van der Waals surface area contributed by atoms with Crippen LogP contribution in [0.25, 0.3) is 0 Å². The van der Waals surface area contributed by atoms with Crippen LogP contribution in [-0.4, -0.2) is 23.9 Å². The molecule has 0 aromatic rings. The largest absolute Gasteiger partial charge is 0.400 e. The maximum absolute atomic E-state index is 11.5. The molecule has 0 aromatic carbocycles. The van der Waals surface area contributed by atoms with E-state index in [0.717, 1.165) is 31.3 Å². The molecule has 25 heavy (non-hydrogen) atoms. The smallest absolute Gasteiger partial charge is 0.364 e. The van der Waals surface area contributed by atoms with E-state index in [-0.39, 0.29) is 12.3 Å². The Hall–Kier alpha value is -0.430. The molecule has 4 rings (SSSR count). The minimum Gasteiger partial charge on any atom is -0.364 e. The van der Waals surface area contributed by atoms with Crippen molar-refractivity contribution in [3.05, 3.63) is 11.6 Å². The highest BCUT2D eigenvalue weighted by Crippen LogP contribution is 2.67. The molecular formula is C19H30O5S. The molecule has 1 unspecified atom stereocenters. The zero-order valence-electron chi connectivity index (χ0n) is 15.2. The molecule has 0 spiro atoms. The third kappa shape index (κ3) is 2.55. The first-order chi connectivity index (χ1) is 11.6. The van der Waals surface area contributed by atoms with Gasteiger partial charge in [-0.3, -0.25) is 4.55 Å². The van der Waals surface area contributed by atoms with Crippen LogP contribution in [0.3, 0.4) is 0 Å². The van der Waals surface area contributed by atoms with Crippen LogP contribution < -0.4 is 0 Å². The van der Waals surface area contributed by atoms with Gasteiger partial charge >= 0.3 is 10.4 Å². The van der Waals surface area contributed by atoms with Gasteiger partial charge in [0.1, 0.15) is 0 Å². The number of hydrogen-bond donors (Lipinski definition) is 2. The Balaban J connectivity index is 1.77. The van der Waals surface area contributed by atoms with Crippen molar-refractivity contribution in [3.63, 3.8) is 0 Å². The van der Waals surface area contributed by atoms with Crippen molar-refractivity contribution in [1.82, 2.24) is 0 Å². The van der Waals surface area contributed by atoms with Crippen LogP contribution >= 0.6 is 0 Å². The Morgan fingerprint density at radius 1 is 1.12 bits per heavy atom. The number of fused-ring (bicyclic) bond motifs is 5. The van der Waals surface area contributed by atoms with Crippen LogP contribution in [0, 0.1) is 28.6 Å². The van der Waals surface area contributed by atoms with E-state index in [2.05, 4.69) is 13.0 Å². The summed E-state index contributed by atoms with van der Waals surface area (Å²) in [5.74, 6) is -0.543. The number of allylic oxidation sites excluding steroid dienone is 1. The maximum Gasteiger partial charge on any atom is 0.400 e. The summed E-state index contributed by atoms with van der Waals surface area (Å²) in [4.78, 5) is 0. The van der Waals surface area contributed by atoms with Crippen molar-refractivity contribution in [1.29, 1.82) is 0 Å². The van der Waals surface area contributed by atoms with E-state index in [1.807, 2.05) is 6.92 Å². The standard InChI is InChI=1S/C19H30O5S/c1-17-10-4-6-15(17)14-8-7-13-5-3-11-19(20,24-25(21,22)23)18(13,2)16(14)9-12-17/h7,14-16,20H,3-6,8-12H2,1-2H3,(H,21,22,23)/t14-,15-,16-,17-,18-,19?/m0/s1. The van der Waals surface area contributed by atoms with Gasteiger partial charge in [0.15, 0.2) is 5.79 Å². The summed E-state index contributed by atoms with van der Waals surface area (Å²) in [6, 6.07) is 0. The average molecular weight is 371 g/mol. The summed E-state index contributed by atoms with van der Waals surface area (Å²) in [6.07, 6.45) is 10.9. The third-order valence-electron chi connectivity index (χ3n) is 8.28. The summed E-state index contributed by atoms with van der Waals surface area (Å²) in [5, 5.41) is 11.3. The Morgan fingerprint density at radius 2 is 1.88 bits per heavy atom. The summed E-state index contributed by atoms with van der Waals surface area (Å²) in [5.41, 5.74) is 0.765. The Kier molecular flexibility index (Phi) is 3.98. The minimum absolute atomic E-state index is 0.204. The first-order valence-corrected chi connectivity index (χ1v) is 11.1. The lowest BCUT2D eigenvalue weighted by Crippen LogP contribution is -2.61. The zero-order valence-corrected chi connectivity index (χ0v) is 16.0. The first-order valence-electron chi connectivity index (χ1n) is 9.69. The quantitative estimate of drug-likeness (QED) is 0.438. The summed E-state index contributed by atoms with van der Waals surface area (Å²) < 4.78 is 37.2. The maximum atomic E-state index is 11.5. The molecular weight excluding hydrogens is 340 g/mol. The van der Waals surface area contributed by atoms with Gasteiger partial charge < -0.3 is 5.11 Å². The fourth-order valence-electron chi connectivity index (χ4n) is 7.04. The fraction of sp³-hybridized carbons (Fsp3) is 0.895. The van der Waals surface area contributed by atoms with Gasteiger partial charge in [0.25, 0.3) is 0 Å². The highest BCUT2D eigenvalue weighted by atomic mass is 32.3. The van der Waals surface area contributed by atoms with E-state index in [1.165, 1.54) is 19.3 Å². The van der Waals surface area contributed by atoms with Crippen molar-refractivity contribution in [2.75, 3.05) is 0 Å². The number of rotatable bonds is 2. The van der Waals surface area contributed by atoms with E-state index < -0.39 is 21.6 Å². The van der Waals surface area contributed by atoms with Gasteiger partial charge in [0.2, 0.25) is 0 Å². The van der Waals surface area contributed by atoms with Crippen molar-refractivity contribution < 1.29 is 22.3 Å². The van der Waals surface area contributed by atoms with Crippen LogP contribution in [0.2, 0.25) is 0 Å². The predicted octanol–water partition coefficient (Wildman–Crippen LogP) is 3.85. The molecule has 0 radical (unpaired) electrons.